The second-order valence-corrected chi connectivity index (χ2v) is 2.94. The summed E-state index contributed by atoms with van der Waals surface area (Å²) >= 11 is 2.58. The first kappa shape index (κ1) is 18.6. The number of unbranched alkanes of at least 4 members (excludes halogenated alkanes) is 2. The second kappa shape index (κ2) is 14.3. The molecule has 0 amide bonds. The van der Waals surface area contributed by atoms with Crippen molar-refractivity contribution in [1.82, 2.24) is 0 Å². The normalized spacial score (nSPS) is 10.9. The zero-order chi connectivity index (χ0) is 7.82. The third kappa shape index (κ3) is 13.4. The van der Waals surface area contributed by atoms with Gasteiger partial charge in [0.2, 0.25) is 0 Å². The summed E-state index contributed by atoms with van der Waals surface area (Å²) in [7, 11) is 0. The van der Waals surface area contributed by atoms with Gasteiger partial charge in [0.25, 0.3) is 0 Å². The molecule has 0 aromatic carbocycles. The van der Waals surface area contributed by atoms with Crippen LogP contribution in [-0.4, -0.2) is 27.9 Å². The van der Waals surface area contributed by atoms with E-state index in [9.17, 15) is 0 Å². The van der Waals surface area contributed by atoms with Gasteiger partial charge in [-0.1, -0.05) is 0 Å². The van der Waals surface area contributed by atoms with E-state index in [0.29, 0.717) is 0 Å². The maximum absolute atomic E-state index is 5.34. The summed E-state index contributed by atoms with van der Waals surface area (Å²) in [4.78, 5) is 0.136. The minimum Gasteiger partial charge on any atom is -1.00 e. The molecule has 0 N–H and O–H groups in total. The van der Waals surface area contributed by atoms with Gasteiger partial charge < -0.3 is 24.8 Å². The van der Waals surface area contributed by atoms with Crippen LogP contribution >= 0.6 is 0 Å². The van der Waals surface area contributed by atoms with E-state index in [2.05, 4.69) is 29.8 Å². The summed E-state index contributed by atoms with van der Waals surface area (Å²) in [6.07, 6.45) is 5.46. The van der Waals surface area contributed by atoms with Crippen molar-refractivity contribution in [1.29, 1.82) is 0 Å². The van der Waals surface area contributed by atoms with Gasteiger partial charge in [-0.25, -0.2) is 0 Å². The fraction of sp³-hybridized carbons (Fsp3) is 0.750. The van der Waals surface area contributed by atoms with Gasteiger partial charge in [-0.2, -0.15) is 0 Å². The Kier molecular flexibility index (Phi) is 22.2. The summed E-state index contributed by atoms with van der Waals surface area (Å²) in [5.74, 6) is 0. The minimum atomic E-state index is 0. The standard InChI is InChI=1S/C8H15O.Al.2ClH/c1-3-5-6-8-9-7-4-2;;;/h4,7H,2-3,5-6,8H2,1H3;;2*1H/q;+2;;/p-2. The van der Waals surface area contributed by atoms with Crippen molar-refractivity contribution in [3.05, 3.63) is 12.7 Å². The van der Waals surface area contributed by atoms with Gasteiger partial charge in [-0.15, -0.1) is 0 Å². The van der Waals surface area contributed by atoms with Crippen LogP contribution in [0.1, 0.15) is 26.2 Å². The van der Waals surface area contributed by atoms with Crippen LogP contribution in [0.5, 0.6) is 0 Å². The van der Waals surface area contributed by atoms with Crippen LogP contribution in [0.2, 0.25) is 0 Å². The third-order valence-corrected chi connectivity index (χ3v) is 1.76. The first-order chi connectivity index (χ1) is 4.81. The summed E-state index contributed by atoms with van der Waals surface area (Å²) in [6, 6.07) is 0. The van der Waals surface area contributed by atoms with E-state index < -0.39 is 0 Å². The van der Waals surface area contributed by atoms with Crippen LogP contribution in [0.4, 0.5) is 0 Å². The molecule has 1 nitrogen and oxygen atoms in total. The fourth-order valence-corrected chi connectivity index (χ4v) is 0.776. The second-order valence-electron chi connectivity index (χ2n) is 2.28. The Morgan fingerprint density at radius 1 is 1.42 bits per heavy atom. The maximum atomic E-state index is 5.34. The van der Waals surface area contributed by atoms with Crippen LogP contribution in [0.15, 0.2) is 12.7 Å². The van der Waals surface area contributed by atoms with E-state index in [1.54, 1.807) is 6.08 Å². The molecule has 12 heavy (non-hydrogen) atoms. The summed E-state index contributed by atoms with van der Waals surface area (Å²) in [5, 5.41) is 0. The van der Waals surface area contributed by atoms with Crippen molar-refractivity contribution in [2.45, 2.75) is 31.2 Å². The van der Waals surface area contributed by atoms with E-state index >= 15 is 0 Å². The van der Waals surface area contributed by atoms with E-state index in [4.69, 9.17) is 4.74 Å². The molecule has 70 valence electrons. The SMILES string of the molecule is C=C[CH]([Al+2])OCCCCC.[Cl-].[Cl-]. The Balaban J connectivity index is -0.000000405. The number of halogens is 2. The predicted molar refractivity (Wildman–Crippen MR) is 45.2 cm³/mol. The van der Waals surface area contributed by atoms with Gasteiger partial charge in [0, 0.05) is 0 Å². The summed E-state index contributed by atoms with van der Waals surface area (Å²) in [5.41, 5.74) is 0. The summed E-state index contributed by atoms with van der Waals surface area (Å²) < 4.78 is 5.34. The molecule has 0 saturated carbocycles. The van der Waals surface area contributed by atoms with Crippen molar-refractivity contribution in [2.75, 3.05) is 6.61 Å². The number of ether oxygens (including phenoxy) is 1. The van der Waals surface area contributed by atoms with E-state index in [-0.39, 0.29) is 29.8 Å². The van der Waals surface area contributed by atoms with Crippen LogP contribution in [-0.2, 0) is 4.74 Å². The topological polar surface area (TPSA) is 9.23 Å². The first-order valence-electron chi connectivity index (χ1n) is 3.81. The van der Waals surface area contributed by atoms with Crippen molar-refractivity contribution in [3.8, 4) is 0 Å². The van der Waals surface area contributed by atoms with Crippen LogP contribution < -0.4 is 24.8 Å². The van der Waals surface area contributed by atoms with Gasteiger partial charge in [-0.3, -0.25) is 0 Å². The quantitative estimate of drug-likeness (QED) is 0.253. The fourth-order valence-electron chi connectivity index (χ4n) is 0.640. The average Bonchev–Trinajstić information content (AvgIpc) is 1.98. The molecule has 0 fully saturated rings. The minimum absolute atomic E-state index is 0. The molecule has 0 rings (SSSR count). The number of rotatable bonds is 6. The predicted octanol–water partition coefficient (Wildman–Crippen LogP) is -4.12. The van der Waals surface area contributed by atoms with Gasteiger partial charge >= 0.3 is 71.4 Å². The van der Waals surface area contributed by atoms with Crippen LogP contribution in [0.25, 0.3) is 0 Å². The molecule has 0 aliphatic rings. The largest absolute Gasteiger partial charge is 1.00 e. The Hall–Kier alpha value is 0.812. The monoisotopic (exact) mass is 224 g/mol. The van der Waals surface area contributed by atoms with Gasteiger partial charge in [0.15, 0.2) is 0 Å². The molecule has 0 aromatic heterocycles. The molecule has 1 atom stereocenters. The van der Waals surface area contributed by atoms with E-state index in [1.807, 2.05) is 0 Å². The maximum Gasteiger partial charge on any atom is -1.00 e. The first-order valence-corrected chi connectivity index (χ1v) is 4.47. The molecule has 1 unspecified atom stereocenters. The Morgan fingerprint density at radius 3 is 2.42 bits per heavy atom. The Labute approximate surface area is 96.2 Å². The number of hydrogen-bond donors (Lipinski definition) is 0. The number of hydrogen-bond acceptors (Lipinski definition) is 1. The molecule has 0 aliphatic heterocycles. The van der Waals surface area contributed by atoms with Crippen LogP contribution in [0, 0.1) is 0 Å². The van der Waals surface area contributed by atoms with Crippen LogP contribution in [0.3, 0.4) is 0 Å². The van der Waals surface area contributed by atoms with Gasteiger partial charge in [0.05, 0.1) is 0 Å². The molecular weight excluding hydrogens is 210 g/mol. The molecule has 0 aliphatic carbocycles. The van der Waals surface area contributed by atoms with Crippen molar-refractivity contribution in [2.24, 2.45) is 0 Å². The van der Waals surface area contributed by atoms with Crippen molar-refractivity contribution >= 4 is 16.3 Å². The Morgan fingerprint density at radius 2 is 2.00 bits per heavy atom. The molecule has 0 heterocycles. The molecule has 0 spiro atoms. The Bertz CT molecular complexity index is 91.1. The molecule has 4 heteroatoms. The van der Waals surface area contributed by atoms with Crippen molar-refractivity contribution < 1.29 is 29.6 Å². The average molecular weight is 225 g/mol. The smallest absolute Gasteiger partial charge is 1.00 e. The molecule has 0 saturated heterocycles. The molecular formula is C8H15AlCl2O. The van der Waals surface area contributed by atoms with E-state index in [1.165, 1.54) is 12.8 Å². The molecule has 0 radical (unpaired) electrons. The molecule has 0 bridgehead atoms. The van der Waals surface area contributed by atoms with Crippen molar-refractivity contribution in [3.63, 3.8) is 0 Å². The molecule has 0 aromatic rings. The van der Waals surface area contributed by atoms with E-state index in [0.717, 1.165) is 13.0 Å². The zero-order valence-electron chi connectivity index (χ0n) is 7.43. The zero-order valence-corrected chi connectivity index (χ0v) is 10.1. The van der Waals surface area contributed by atoms with Gasteiger partial charge in [0.1, 0.15) is 0 Å². The summed E-state index contributed by atoms with van der Waals surface area (Å²) in [6.45, 7) is 6.66. The third-order valence-electron chi connectivity index (χ3n) is 1.29. The van der Waals surface area contributed by atoms with Gasteiger partial charge in [-0.05, 0) is 0 Å².